The Balaban J connectivity index is 2.57. The van der Waals surface area contributed by atoms with Gasteiger partial charge < -0.3 is 5.32 Å². The minimum Gasteiger partial charge on any atom is -0.389 e. The third-order valence-electron chi connectivity index (χ3n) is 1.08. The summed E-state index contributed by atoms with van der Waals surface area (Å²) >= 11 is 1.62. The number of hydrogen-bond donors (Lipinski definition) is 1. The van der Waals surface area contributed by atoms with Crippen molar-refractivity contribution in [2.75, 3.05) is 12.3 Å². The molecule has 0 atom stereocenters. The third-order valence-corrected chi connectivity index (χ3v) is 2.21. The number of ketones is 1. The molecule has 1 heterocycles. The first-order chi connectivity index (χ1) is 4.30. The van der Waals surface area contributed by atoms with E-state index in [2.05, 4.69) is 5.32 Å². The maximum Gasteiger partial charge on any atom is 0.167 e. The van der Waals surface area contributed by atoms with Crippen molar-refractivity contribution in [3.8, 4) is 0 Å². The Kier molecular flexibility index (Phi) is 2.16. The van der Waals surface area contributed by atoms with Crippen LogP contribution in [0.3, 0.4) is 0 Å². The summed E-state index contributed by atoms with van der Waals surface area (Å²) in [6.07, 6.45) is 1.79. The molecule has 0 aromatic rings. The first kappa shape index (κ1) is 6.68. The first-order valence-electron chi connectivity index (χ1n) is 2.88. The molecular formula is C6H9NOS. The van der Waals surface area contributed by atoms with E-state index in [1.54, 1.807) is 24.9 Å². The maximum absolute atomic E-state index is 10.7. The molecule has 0 fully saturated rings. The summed E-state index contributed by atoms with van der Waals surface area (Å²) < 4.78 is 0. The fourth-order valence-corrected chi connectivity index (χ4v) is 1.44. The molecule has 0 unspecified atom stereocenters. The molecule has 0 aromatic heterocycles. The molecule has 1 N–H and O–H groups in total. The number of hydrogen-bond acceptors (Lipinski definition) is 3. The Morgan fingerprint density at radius 1 is 1.89 bits per heavy atom. The van der Waals surface area contributed by atoms with Crippen LogP contribution in [0.5, 0.6) is 0 Å². The van der Waals surface area contributed by atoms with E-state index in [9.17, 15) is 4.79 Å². The van der Waals surface area contributed by atoms with Gasteiger partial charge in [-0.2, -0.15) is 0 Å². The highest BCUT2D eigenvalue weighted by molar-refractivity contribution is 8.04. The molecule has 0 bridgehead atoms. The van der Waals surface area contributed by atoms with Gasteiger partial charge in [0.2, 0.25) is 0 Å². The second kappa shape index (κ2) is 2.92. The van der Waals surface area contributed by atoms with E-state index in [4.69, 9.17) is 0 Å². The Morgan fingerprint density at radius 2 is 2.67 bits per heavy atom. The van der Waals surface area contributed by atoms with Gasteiger partial charge in [0.1, 0.15) is 0 Å². The predicted molar refractivity (Wildman–Crippen MR) is 39.2 cm³/mol. The predicted octanol–water partition coefficient (Wildman–Crippen LogP) is 0.753. The number of Topliss-reactive ketones (excluding diaryl/α,β-unsaturated/α-hetero) is 1. The van der Waals surface area contributed by atoms with E-state index < -0.39 is 0 Å². The van der Waals surface area contributed by atoms with E-state index in [1.165, 1.54) is 0 Å². The van der Waals surface area contributed by atoms with Crippen LogP contribution in [-0.4, -0.2) is 18.1 Å². The molecule has 0 aliphatic carbocycles. The maximum atomic E-state index is 10.7. The lowest BCUT2D eigenvalue weighted by atomic mass is 10.4. The van der Waals surface area contributed by atoms with E-state index in [-0.39, 0.29) is 5.78 Å². The lowest BCUT2D eigenvalue weighted by Gasteiger charge is -2.09. The summed E-state index contributed by atoms with van der Waals surface area (Å²) in [4.78, 5) is 11.5. The second-order valence-corrected chi connectivity index (χ2v) is 3.00. The summed E-state index contributed by atoms with van der Waals surface area (Å²) in [5, 5.41) is 3.01. The molecule has 2 nitrogen and oxygen atoms in total. The molecular weight excluding hydrogens is 134 g/mol. The lowest BCUT2D eigenvalue weighted by Crippen LogP contribution is -2.16. The number of carbonyl (C=O) groups excluding carboxylic acids is 1. The smallest absolute Gasteiger partial charge is 0.167 e. The molecule has 0 saturated carbocycles. The Bertz CT molecular complexity index is 153. The van der Waals surface area contributed by atoms with Crippen LogP contribution in [0.4, 0.5) is 0 Å². The summed E-state index contributed by atoms with van der Waals surface area (Å²) in [6.45, 7) is 2.56. The molecule has 0 aromatic carbocycles. The van der Waals surface area contributed by atoms with E-state index in [0.29, 0.717) is 0 Å². The van der Waals surface area contributed by atoms with Gasteiger partial charge in [-0.1, -0.05) is 0 Å². The minimum absolute atomic E-state index is 0.159. The van der Waals surface area contributed by atoms with Gasteiger partial charge in [-0.15, -0.1) is 11.8 Å². The Labute approximate surface area is 58.7 Å². The molecule has 50 valence electrons. The molecule has 3 heteroatoms. The monoisotopic (exact) mass is 143 g/mol. The van der Waals surface area contributed by atoms with Gasteiger partial charge >= 0.3 is 0 Å². The number of nitrogens with one attached hydrogen (secondary N) is 1. The van der Waals surface area contributed by atoms with Crippen LogP contribution in [0, 0.1) is 0 Å². The molecule has 0 saturated heterocycles. The fourth-order valence-electron chi connectivity index (χ4n) is 0.630. The Hall–Kier alpha value is -0.440. The zero-order valence-corrected chi connectivity index (χ0v) is 6.12. The summed E-state index contributed by atoms with van der Waals surface area (Å²) in [6, 6.07) is 0. The van der Waals surface area contributed by atoms with Gasteiger partial charge in [-0.25, -0.2) is 0 Å². The quantitative estimate of drug-likeness (QED) is 0.587. The molecule has 1 rings (SSSR count). The van der Waals surface area contributed by atoms with Gasteiger partial charge in [0.05, 0.1) is 4.91 Å². The molecule has 1 aliphatic heterocycles. The van der Waals surface area contributed by atoms with E-state index in [1.807, 2.05) is 0 Å². The van der Waals surface area contributed by atoms with Crippen LogP contribution < -0.4 is 5.32 Å². The molecule has 0 radical (unpaired) electrons. The normalized spacial score (nSPS) is 18.1. The topological polar surface area (TPSA) is 29.1 Å². The van der Waals surface area contributed by atoms with E-state index >= 15 is 0 Å². The third kappa shape index (κ3) is 1.75. The number of carbonyl (C=O) groups is 1. The van der Waals surface area contributed by atoms with Gasteiger partial charge in [0.25, 0.3) is 0 Å². The highest BCUT2D eigenvalue weighted by atomic mass is 32.2. The average molecular weight is 143 g/mol. The van der Waals surface area contributed by atoms with Crippen molar-refractivity contribution in [1.82, 2.24) is 5.32 Å². The van der Waals surface area contributed by atoms with Crippen molar-refractivity contribution in [3.63, 3.8) is 0 Å². The largest absolute Gasteiger partial charge is 0.389 e. The highest BCUT2D eigenvalue weighted by Crippen LogP contribution is 2.17. The summed E-state index contributed by atoms with van der Waals surface area (Å²) in [5.74, 6) is 1.16. The van der Waals surface area contributed by atoms with E-state index in [0.717, 1.165) is 17.2 Å². The van der Waals surface area contributed by atoms with Crippen LogP contribution in [0.2, 0.25) is 0 Å². The van der Waals surface area contributed by atoms with Crippen LogP contribution in [0.25, 0.3) is 0 Å². The Morgan fingerprint density at radius 3 is 3.00 bits per heavy atom. The summed E-state index contributed by atoms with van der Waals surface area (Å²) in [5.41, 5.74) is 0. The van der Waals surface area contributed by atoms with Gasteiger partial charge in [0.15, 0.2) is 5.78 Å². The van der Waals surface area contributed by atoms with Crippen molar-refractivity contribution in [1.29, 1.82) is 0 Å². The van der Waals surface area contributed by atoms with Crippen molar-refractivity contribution in [3.05, 3.63) is 11.1 Å². The van der Waals surface area contributed by atoms with Gasteiger partial charge in [0, 0.05) is 18.5 Å². The molecule has 9 heavy (non-hydrogen) atoms. The van der Waals surface area contributed by atoms with Crippen LogP contribution in [0.1, 0.15) is 6.92 Å². The standard InChI is InChI=1S/C6H9NOS/c1-5(8)6-4-7-2-3-9-6/h4,7H,2-3H2,1H3. The van der Waals surface area contributed by atoms with Gasteiger partial charge in [-0.3, -0.25) is 4.79 Å². The number of allylic oxidation sites excluding steroid dienone is 1. The fraction of sp³-hybridized carbons (Fsp3) is 0.500. The minimum atomic E-state index is 0.159. The number of thioether (sulfide) groups is 1. The van der Waals surface area contributed by atoms with Gasteiger partial charge in [-0.05, 0) is 6.92 Å². The van der Waals surface area contributed by atoms with Crippen molar-refractivity contribution in [2.24, 2.45) is 0 Å². The van der Waals surface area contributed by atoms with Crippen molar-refractivity contribution in [2.45, 2.75) is 6.92 Å². The van der Waals surface area contributed by atoms with Crippen molar-refractivity contribution < 1.29 is 4.79 Å². The average Bonchev–Trinajstić information content (AvgIpc) is 1.90. The molecule has 0 amide bonds. The van der Waals surface area contributed by atoms with Crippen LogP contribution >= 0.6 is 11.8 Å². The zero-order chi connectivity index (χ0) is 6.69. The molecule has 0 spiro atoms. The second-order valence-electron chi connectivity index (χ2n) is 1.87. The molecule has 1 aliphatic rings. The first-order valence-corrected chi connectivity index (χ1v) is 3.86. The van der Waals surface area contributed by atoms with Crippen molar-refractivity contribution >= 4 is 17.5 Å². The highest BCUT2D eigenvalue weighted by Gasteiger charge is 2.06. The zero-order valence-electron chi connectivity index (χ0n) is 5.31. The van der Waals surface area contributed by atoms with Crippen LogP contribution in [0.15, 0.2) is 11.1 Å². The summed E-state index contributed by atoms with van der Waals surface area (Å²) in [7, 11) is 0. The van der Waals surface area contributed by atoms with Crippen LogP contribution in [-0.2, 0) is 4.79 Å². The number of rotatable bonds is 1. The SMILES string of the molecule is CC(=O)C1=CNCCS1. The lowest BCUT2D eigenvalue weighted by molar-refractivity contribution is -0.113.